The van der Waals surface area contributed by atoms with Crippen LogP contribution in [0.2, 0.25) is 0 Å². The van der Waals surface area contributed by atoms with Gasteiger partial charge >= 0.3 is 0 Å². The van der Waals surface area contributed by atoms with Gasteiger partial charge in [-0.05, 0) is 25.9 Å². The van der Waals surface area contributed by atoms with Crippen LogP contribution >= 0.6 is 46.4 Å². The van der Waals surface area contributed by atoms with Crippen LogP contribution in [0.1, 0.15) is 12.8 Å². The molecule has 1 rings (SSSR count). The second-order valence-electron chi connectivity index (χ2n) is 5.57. The monoisotopic (exact) mass is 420 g/mol. The molecule has 0 atom stereocenters. The van der Waals surface area contributed by atoms with Crippen molar-refractivity contribution >= 4 is 58.2 Å². The van der Waals surface area contributed by atoms with E-state index in [0.717, 1.165) is 52.1 Å². The summed E-state index contributed by atoms with van der Waals surface area (Å²) in [4.78, 5) is 25.1. The smallest absolute Gasteiger partial charge is 0.253 e. The Morgan fingerprint density at radius 1 is 0.750 bits per heavy atom. The Balaban J connectivity index is 2.02. The van der Waals surface area contributed by atoms with Gasteiger partial charge < -0.3 is 20.4 Å². The van der Waals surface area contributed by atoms with Crippen LogP contribution in [-0.4, -0.2) is 83.6 Å². The Morgan fingerprint density at radius 3 is 1.38 bits per heavy atom. The molecule has 0 aromatic rings. The van der Waals surface area contributed by atoms with Crippen molar-refractivity contribution in [3.63, 3.8) is 0 Å². The van der Waals surface area contributed by atoms with Crippen molar-refractivity contribution in [1.82, 2.24) is 20.4 Å². The van der Waals surface area contributed by atoms with Crippen LogP contribution in [0.25, 0.3) is 0 Å². The zero-order chi connectivity index (χ0) is 17.9. The average Bonchev–Trinajstić information content (AvgIpc) is 2.56. The molecule has 0 aliphatic carbocycles. The molecule has 24 heavy (non-hydrogen) atoms. The minimum Gasteiger partial charge on any atom is -0.354 e. The highest BCUT2D eigenvalue weighted by Gasteiger charge is 2.17. The second-order valence-corrected chi connectivity index (χ2v) is 7.77. The van der Waals surface area contributed by atoms with Gasteiger partial charge in [0.05, 0.1) is 0 Å². The maximum absolute atomic E-state index is 11.2. The van der Waals surface area contributed by atoms with Crippen LogP contribution < -0.4 is 10.6 Å². The minimum atomic E-state index is -1.00. The first kappa shape index (κ1) is 22.1. The fourth-order valence-electron chi connectivity index (χ4n) is 2.42. The molecule has 0 aromatic carbocycles. The lowest BCUT2D eigenvalue weighted by molar-refractivity contribution is -0.120. The van der Waals surface area contributed by atoms with Crippen molar-refractivity contribution in [3.8, 4) is 0 Å². The van der Waals surface area contributed by atoms with Crippen molar-refractivity contribution < 1.29 is 9.59 Å². The number of nitrogens with zero attached hydrogens (tertiary/aromatic N) is 2. The molecule has 1 aliphatic rings. The molecule has 6 nitrogen and oxygen atoms in total. The van der Waals surface area contributed by atoms with E-state index in [-0.39, 0.29) is 11.8 Å². The Bertz CT molecular complexity index is 355. The third kappa shape index (κ3) is 9.49. The predicted molar refractivity (Wildman–Crippen MR) is 99.1 cm³/mol. The minimum absolute atomic E-state index is 0.343. The lowest BCUT2D eigenvalue weighted by atomic mass is 10.2. The Labute approximate surface area is 163 Å². The van der Waals surface area contributed by atoms with Gasteiger partial charge in [-0.2, -0.15) is 0 Å². The highest BCUT2D eigenvalue weighted by Crippen LogP contribution is 2.04. The van der Waals surface area contributed by atoms with Gasteiger partial charge in [0.15, 0.2) is 9.67 Å². The molecule has 0 bridgehead atoms. The Hall–Kier alpha value is 0.0200. The van der Waals surface area contributed by atoms with Gasteiger partial charge in [0.25, 0.3) is 11.8 Å². The number of rotatable bonds is 10. The van der Waals surface area contributed by atoms with Gasteiger partial charge in [0.2, 0.25) is 0 Å². The van der Waals surface area contributed by atoms with Crippen LogP contribution in [0.4, 0.5) is 0 Å². The van der Waals surface area contributed by atoms with Crippen molar-refractivity contribution in [3.05, 3.63) is 0 Å². The van der Waals surface area contributed by atoms with Gasteiger partial charge in [-0.3, -0.25) is 9.59 Å². The first-order valence-corrected chi connectivity index (χ1v) is 9.71. The van der Waals surface area contributed by atoms with E-state index in [1.165, 1.54) is 0 Å². The largest absolute Gasteiger partial charge is 0.354 e. The summed E-state index contributed by atoms with van der Waals surface area (Å²) in [6.45, 7) is 7.03. The van der Waals surface area contributed by atoms with Gasteiger partial charge in [-0.15, -0.1) is 0 Å². The number of amides is 2. The van der Waals surface area contributed by atoms with Crippen molar-refractivity contribution in [1.29, 1.82) is 0 Å². The highest BCUT2D eigenvalue weighted by molar-refractivity contribution is 6.53. The summed E-state index contributed by atoms with van der Waals surface area (Å²) in [7, 11) is 0. The normalized spacial score (nSPS) is 16.6. The van der Waals surface area contributed by atoms with Gasteiger partial charge in [0.1, 0.15) is 0 Å². The molecule has 2 N–H and O–H groups in total. The van der Waals surface area contributed by atoms with E-state index in [1.807, 2.05) is 0 Å². The number of piperazine rings is 1. The molecule has 0 saturated carbocycles. The van der Waals surface area contributed by atoms with Crippen molar-refractivity contribution in [2.45, 2.75) is 22.5 Å². The van der Waals surface area contributed by atoms with E-state index in [0.29, 0.717) is 13.1 Å². The number of hydrogen-bond donors (Lipinski definition) is 2. The maximum Gasteiger partial charge on any atom is 0.253 e. The number of hydrogen-bond acceptors (Lipinski definition) is 4. The molecular weight excluding hydrogens is 398 g/mol. The lowest BCUT2D eigenvalue weighted by Gasteiger charge is -2.34. The fraction of sp³-hybridized carbons (Fsp3) is 0.857. The molecular formula is C14H24Cl4N4O2. The first-order valence-electron chi connectivity index (χ1n) is 7.96. The third-order valence-electron chi connectivity index (χ3n) is 3.76. The summed E-state index contributed by atoms with van der Waals surface area (Å²) in [5.74, 6) is -0.685. The summed E-state index contributed by atoms with van der Waals surface area (Å²) in [5.41, 5.74) is 0. The van der Waals surface area contributed by atoms with Crippen LogP contribution in [0.15, 0.2) is 0 Å². The number of halogens is 4. The number of alkyl halides is 4. The summed E-state index contributed by atoms with van der Waals surface area (Å²) >= 11 is 21.8. The molecule has 10 heteroatoms. The summed E-state index contributed by atoms with van der Waals surface area (Å²) in [6.07, 6.45) is 1.74. The van der Waals surface area contributed by atoms with E-state index in [2.05, 4.69) is 20.4 Å². The topological polar surface area (TPSA) is 64.7 Å². The van der Waals surface area contributed by atoms with Crippen LogP contribution in [0.3, 0.4) is 0 Å². The van der Waals surface area contributed by atoms with Crippen LogP contribution in [0, 0.1) is 0 Å². The number of carbonyl (C=O) groups is 2. The van der Waals surface area contributed by atoms with E-state index >= 15 is 0 Å². The molecule has 0 unspecified atom stereocenters. The van der Waals surface area contributed by atoms with Crippen molar-refractivity contribution in [2.75, 3.05) is 52.4 Å². The van der Waals surface area contributed by atoms with E-state index in [1.54, 1.807) is 0 Å². The van der Waals surface area contributed by atoms with E-state index < -0.39 is 9.67 Å². The molecule has 1 saturated heterocycles. The molecule has 1 aliphatic heterocycles. The standard InChI is InChI=1S/C14H24Cl4N4O2/c15-11(16)13(23)19-3-1-5-21-7-9-22(10-8-21)6-2-4-20-14(24)12(17)18/h11-12H,1-10H2,(H,19,23)(H,20,24). The number of nitrogens with one attached hydrogen (secondary N) is 2. The van der Waals surface area contributed by atoms with Crippen LogP contribution in [-0.2, 0) is 9.59 Å². The second kappa shape index (κ2) is 12.4. The van der Waals surface area contributed by atoms with Crippen molar-refractivity contribution in [2.24, 2.45) is 0 Å². The summed E-state index contributed by atoms with van der Waals surface area (Å²) in [5, 5.41) is 5.38. The zero-order valence-corrected chi connectivity index (χ0v) is 16.5. The Kier molecular flexibility index (Phi) is 11.4. The molecule has 0 spiro atoms. The average molecular weight is 422 g/mol. The van der Waals surface area contributed by atoms with Crippen LogP contribution in [0.5, 0.6) is 0 Å². The molecule has 2 amide bonds. The fourth-order valence-corrected chi connectivity index (χ4v) is 2.73. The van der Waals surface area contributed by atoms with E-state index in [4.69, 9.17) is 46.4 Å². The summed E-state index contributed by atoms with van der Waals surface area (Å²) < 4.78 is 0. The highest BCUT2D eigenvalue weighted by atomic mass is 35.5. The maximum atomic E-state index is 11.2. The van der Waals surface area contributed by atoms with Gasteiger partial charge in [-0.1, -0.05) is 46.4 Å². The lowest BCUT2D eigenvalue weighted by Crippen LogP contribution is -2.47. The quantitative estimate of drug-likeness (QED) is 0.411. The van der Waals surface area contributed by atoms with Gasteiger partial charge in [0, 0.05) is 39.3 Å². The third-order valence-corrected chi connectivity index (χ3v) is 4.55. The molecule has 1 heterocycles. The molecule has 0 aromatic heterocycles. The summed E-state index contributed by atoms with van der Waals surface area (Å²) in [6, 6.07) is 0. The SMILES string of the molecule is O=C(NCCCN1CCN(CCCNC(=O)C(Cl)Cl)CC1)C(Cl)Cl. The first-order chi connectivity index (χ1) is 11.4. The zero-order valence-electron chi connectivity index (χ0n) is 13.4. The number of carbonyl (C=O) groups excluding carboxylic acids is 2. The van der Waals surface area contributed by atoms with Gasteiger partial charge in [-0.25, -0.2) is 0 Å². The predicted octanol–water partition coefficient (Wildman–Crippen LogP) is 1.22. The van der Waals surface area contributed by atoms with E-state index in [9.17, 15) is 9.59 Å². The molecule has 140 valence electrons. The molecule has 0 radical (unpaired) electrons. The molecule has 1 fully saturated rings. The Morgan fingerprint density at radius 2 is 1.08 bits per heavy atom.